The zero-order valence-corrected chi connectivity index (χ0v) is 17.7. The summed E-state index contributed by atoms with van der Waals surface area (Å²) in [5, 5.41) is 10.5. The molecule has 3 atom stereocenters. The van der Waals surface area contributed by atoms with Crippen LogP contribution in [0.5, 0.6) is 11.5 Å². The van der Waals surface area contributed by atoms with Gasteiger partial charge in [0.25, 0.3) is 0 Å². The Balaban J connectivity index is 1.26. The number of rotatable bonds is 8. The molecule has 1 N–H and O–H groups in total. The molecule has 0 radical (unpaired) electrons. The number of benzene rings is 1. The summed E-state index contributed by atoms with van der Waals surface area (Å²) in [4.78, 5) is 4.82. The van der Waals surface area contributed by atoms with Crippen molar-refractivity contribution in [2.24, 2.45) is 11.8 Å². The minimum atomic E-state index is -0.477. The Morgan fingerprint density at radius 2 is 1.90 bits per heavy atom. The van der Waals surface area contributed by atoms with E-state index in [-0.39, 0.29) is 0 Å². The molecule has 6 nitrogen and oxygen atoms in total. The molecule has 6 heteroatoms. The van der Waals surface area contributed by atoms with Crippen molar-refractivity contribution >= 4 is 0 Å². The summed E-state index contributed by atoms with van der Waals surface area (Å²) < 4.78 is 17.0. The lowest BCUT2D eigenvalue weighted by molar-refractivity contribution is 0.0723. The van der Waals surface area contributed by atoms with E-state index < -0.39 is 6.10 Å². The number of fused-ring (bicyclic) bond motifs is 1. The van der Waals surface area contributed by atoms with Gasteiger partial charge in [-0.2, -0.15) is 0 Å². The predicted molar refractivity (Wildman–Crippen MR) is 112 cm³/mol. The van der Waals surface area contributed by atoms with E-state index in [1.54, 1.807) is 7.11 Å². The Kier molecular flexibility index (Phi) is 7.29. The number of likely N-dealkylation sites (tertiary alicyclic amines) is 1. The number of ether oxygens (including phenoxy) is 3. The first-order chi connectivity index (χ1) is 14.2. The first-order valence-corrected chi connectivity index (χ1v) is 11.2. The monoisotopic (exact) mass is 404 g/mol. The van der Waals surface area contributed by atoms with Crippen LogP contribution in [0.2, 0.25) is 0 Å². The van der Waals surface area contributed by atoms with Crippen molar-refractivity contribution in [1.29, 1.82) is 0 Å². The van der Waals surface area contributed by atoms with Crippen LogP contribution in [0.1, 0.15) is 31.2 Å². The van der Waals surface area contributed by atoms with E-state index in [0.717, 1.165) is 69.9 Å². The first-order valence-electron chi connectivity index (χ1n) is 11.2. The maximum Gasteiger partial charge on any atom is 0.161 e. The van der Waals surface area contributed by atoms with Gasteiger partial charge in [-0.3, -0.25) is 4.90 Å². The number of nitrogens with zero attached hydrogens (tertiary/aromatic N) is 2. The Morgan fingerprint density at radius 1 is 1.07 bits per heavy atom. The molecular weight excluding hydrogens is 368 g/mol. The molecule has 4 rings (SSSR count). The van der Waals surface area contributed by atoms with Crippen LogP contribution in [0.25, 0.3) is 0 Å². The molecule has 3 aliphatic rings. The van der Waals surface area contributed by atoms with E-state index in [1.807, 2.05) is 6.07 Å². The van der Waals surface area contributed by atoms with Crippen LogP contribution in [-0.2, 0) is 11.3 Å². The van der Waals surface area contributed by atoms with E-state index in [1.165, 1.54) is 24.8 Å². The second kappa shape index (κ2) is 10.1. The number of aliphatic hydroxyl groups excluding tert-OH is 1. The van der Waals surface area contributed by atoms with Crippen molar-refractivity contribution in [2.45, 2.75) is 38.3 Å². The topological polar surface area (TPSA) is 54.4 Å². The lowest BCUT2D eigenvalue weighted by atomic mass is 10.0. The zero-order valence-electron chi connectivity index (χ0n) is 17.7. The summed E-state index contributed by atoms with van der Waals surface area (Å²) in [6.45, 7) is 7.84. The molecule has 1 aliphatic carbocycles. The molecule has 2 saturated heterocycles. The second-order valence-corrected chi connectivity index (χ2v) is 8.86. The van der Waals surface area contributed by atoms with Gasteiger partial charge >= 0.3 is 0 Å². The first kappa shape index (κ1) is 20.9. The maximum atomic E-state index is 10.5. The summed E-state index contributed by atoms with van der Waals surface area (Å²) in [6.07, 6.45) is 4.71. The van der Waals surface area contributed by atoms with Crippen LogP contribution < -0.4 is 9.47 Å². The minimum absolute atomic E-state index is 0.297. The van der Waals surface area contributed by atoms with Crippen LogP contribution in [0.4, 0.5) is 0 Å². The van der Waals surface area contributed by atoms with Gasteiger partial charge in [0.2, 0.25) is 0 Å². The van der Waals surface area contributed by atoms with Crippen LogP contribution >= 0.6 is 0 Å². The molecule has 0 bridgehead atoms. The summed E-state index contributed by atoms with van der Waals surface area (Å²) >= 11 is 0. The fourth-order valence-electron chi connectivity index (χ4n) is 5.16. The van der Waals surface area contributed by atoms with Crippen LogP contribution in [0, 0.1) is 11.8 Å². The third-order valence-electron chi connectivity index (χ3n) is 6.65. The molecule has 29 heavy (non-hydrogen) atoms. The highest BCUT2D eigenvalue weighted by molar-refractivity contribution is 5.43. The number of hydrogen-bond acceptors (Lipinski definition) is 6. The van der Waals surface area contributed by atoms with Gasteiger partial charge in [0.1, 0.15) is 12.7 Å². The average molecular weight is 405 g/mol. The van der Waals surface area contributed by atoms with Crippen molar-refractivity contribution < 1.29 is 19.3 Å². The molecule has 3 fully saturated rings. The van der Waals surface area contributed by atoms with Crippen LogP contribution in [-0.4, -0.2) is 80.7 Å². The van der Waals surface area contributed by atoms with Gasteiger partial charge in [-0.25, -0.2) is 0 Å². The zero-order chi connectivity index (χ0) is 20.1. The number of methoxy groups -OCH3 is 1. The number of β-amino-alcohol motifs (C(OH)–C–C–N with tert-alkyl or cyclic N) is 1. The number of aliphatic hydroxyl groups is 1. The Hall–Kier alpha value is -1.34. The Morgan fingerprint density at radius 3 is 2.69 bits per heavy atom. The van der Waals surface area contributed by atoms with Crippen molar-refractivity contribution in [2.75, 3.05) is 59.7 Å². The standard InChI is InChI=1S/C23H36N2O4/c1-27-23-12-18(13-24-8-3-10-28-11-9-24)6-7-22(23)29-17-21(26)16-25-14-19-4-2-5-20(19)15-25/h6-7,12,19-21,26H,2-5,8-11,13-17H2,1H3/t19-,20+,21?. The highest BCUT2D eigenvalue weighted by atomic mass is 16.5. The number of hydrogen-bond donors (Lipinski definition) is 1. The predicted octanol–water partition coefficient (Wildman–Crippen LogP) is 2.39. The van der Waals surface area contributed by atoms with Gasteiger partial charge in [-0.1, -0.05) is 12.5 Å². The average Bonchev–Trinajstić information content (AvgIpc) is 3.20. The lowest BCUT2D eigenvalue weighted by Gasteiger charge is -2.22. The van der Waals surface area contributed by atoms with Gasteiger partial charge in [-0.15, -0.1) is 0 Å². The molecule has 162 valence electrons. The van der Waals surface area contributed by atoms with E-state index >= 15 is 0 Å². The third kappa shape index (κ3) is 5.63. The lowest BCUT2D eigenvalue weighted by Crippen LogP contribution is -2.34. The Bertz CT molecular complexity index is 636. The van der Waals surface area contributed by atoms with Gasteiger partial charge in [0, 0.05) is 45.9 Å². The van der Waals surface area contributed by atoms with E-state index in [0.29, 0.717) is 18.9 Å². The molecule has 1 aromatic rings. The molecule has 0 spiro atoms. The van der Waals surface area contributed by atoms with Crippen molar-refractivity contribution in [3.05, 3.63) is 23.8 Å². The molecule has 0 aromatic heterocycles. The second-order valence-electron chi connectivity index (χ2n) is 8.86. The van der Waals surface area contributed by atoms with Gasteiger partial charge in [0.05, 0.1) is 13.7 Å². The molecule has 1 saturated carbocycles. The van der Waals surface area contributed by atoms with E-state index in [4.69, 9.17) is 14.2 Å². The summed E-state index contributed by atoms with van der Waals surface area (Å²) in [5.74, 6) is 3.14. The SMILES string of the molecule is COc1cc(CN2CCCOCC2)ccc1OCC(O)CN1C[C@H]2CCC[C@H]2C1. The molecular formula is C23H36N2O4. The van der Waals surface area contributed by atoms with Gasteiger partial charge in [0.15, 0.2) is 11.5 Å². The van der Waals surface area contributed by atoms with E-state index in [2.05, 4.69) is 21.9 Å². The molecule has 1 aromatic carbocycles. The van der Waals surface area contributed by atoms with Crippen molar-refractivity contribution in [3.8, 4) is 11.5 Å². The van der Waals surface area contributed by atoms with Crippen LogP contribution in [0.3, 0.4) is 0 Å². The molecule has 1 unspecified atom stereocenters. The van der Waals surface area contributed by atoms with Gasteiger partial charge in [-0.05, 0) is 48.8 Å². The normalized spacial score (nSPS) is 26.8. The van der Waals surface area contributed by atoms with Crippen LogP contribution in [0.15, 0.2) is 18.2 Å². The largest absolute Gasteiger partial charge is 0.493 e. The van der Waals surface area contributed by atoms with Crippen molar-refractivity contribution in [3.63, 3.8) is 0 Å². The van der Waals surface area contributed by atoms with Crippen molar-refractivity contribution in [1.82, 2.24) is 9.80 Å². The highest BCUT2D eigenvalue weighted by Crippen LogP contribution is 2.37. The van der Waals surface area contributed by atoms with E-state index in [9.17, 15) is 5.11 Å². The summed E-state index contributed by atoms with van der Waals surface area (Å²) in [7, 11) is 1.67. The Labute approximate surface area is 174 Å². The fraction of sp³-hybridized carbons (Fsp3) is 0.739. The highest BCUT2D eigenvalue weighted by Gasteiger charge is 2.36. The molecule has 2 heterocycles. The maximum absolute atomic E-state index is 10.5. The summed E-state index contributed by atoms with van der Waals surface area (Å²) in [6, 6.07) is 6.11. The smallest absolute Gasteiger partial charge is 0.161 e. The third-order valence-corrected chi connectivity index (χ3v) is 6.65. The molecule has 0 amide bonds. The fourth-order valence-corrected chi connectivity index (χ4v) is 5.16. The quantitative estimate of drug-likeness (QED) is 0.718. The summed E-state index contributed by atoms with van der Waals surface area (Å²) in [5.41, 5.74) is 1.21. The minimum Gasteiger partial charge on any atom is -0.493 e. The molecule has 2 aliphatic heterocycles. The van der Waals surface area contributed by atoms with Gasteiger partial charge < -0.3 is 24.2 Å².